The minimum atomic E-state index is 0.00745. The van der Waals surface area contributed by atoms with Crippen LogP contribution in [0.5, 0.6) is 0 Å². The lowest BCUT2D eigenvalue weighted by Crippen LogP contribution is -2.27. The Morgan fingerprint density at radius 3 is 2.85 bits per heavy atom. The van der Waals surface area contributed by atoms with Crippen LogP contribution in [0.3, 0.4) is 0 Å². The zero-order valence-corrected chi connectivity index (χ0v) is 12.3. The number of nitrogens with zero attached hydrogens (tertiary/aromatic N) is 1. The summed E-state index contributed by atoms with van der Waals surface area (Å²) in [7, 11) is 1.71. The molecule has 1 fully saturated rings. The number of hydrogen-bond donors (Lipinski definition) is 1. The van der Waals surface area contributed by atoms with Gasteiger partial charge in [-0.05, 0) is 49.0 Å². The van der Waals surface area contributed by atoms with E-state index < -0.39 is 0 Å². The van der Waals surface area contributed by atoms with E-state index in [-0.39, 0.29) is 11.0 Å². The Hall–Kier alpha value is -1.46. The van der Waals surface area contributed by atoms with Crippen LogP contribution in [0.15, 0.2) is 29.1 Å². The molecule has 5 heteroatoms. The van der Waals surface area contributed by atoms with Gasteiger partial charge in [0.25, 0.3) is 5.56 Å². The van der Waals surface area contributed by atoms with Crippen LogP contribution in [0, 0.1) is 10.2 Å². The number of rotatable bonds is 5. The van der Waals surface area contributed by atoms with Crippen molar-refractivity contribution in [3.8, 4) is 0 Å². The van der Waals surface area contributed by atoms with Crippen LogP contribution in [0.2, 0.25) is 0 Å². The summed E-state index contributed by atoms with van der Waals surface area (Å²) < 4.78 is 7.39. The summed E-state index contributed by atoms with van der Waals surface area (Å²) >= 11 is 5.35. The molecule has 0 bridgehead atoms. The SMILES string of the molecule is COCCC1(Cn2c(=S)[nH]c3ccccc3c2=O)CC1. The lowest BCUT2D eigenvalue weighted by molar-refractivity contribution is 0.166. The van der Waals surface area contributed by atoms with Crippen molar-refractivity contribution >= 4 is 23.1 Å². The van der Waals surface area contributed by atoms with E-state index >= 15 is 0 Å². The van der Waals surface area contributed by atoms with Gasteiger partial charge in [-0.2, -0.15) is 0 Å². The van der Waals surface area contributed by atoms with E-state index in [0.29, 0.717) is 16.7 Å². The molecule has 1 aromatic carbocycles. The van der Waals surface area contributed by atoms with Crippen LogP contribution < -0.4 is 5.56 Å². The molecular weight excluding hydrogens is 272 g/mol. The van der Waals surface area contributed by atoms with Gasteiger partial charge < -0.3 is 9.72 Å². The van der Waals surface area contributed by atoms with Gasteiger partial charge in [0.1, 0.15) is 0 Å². The third-order valence-corrected chi connectivity index (χ3v) is 4.50. The number of H-pyrrole nitrogens is 1. The monoisotopic (exact) mass is 290 g/mol. The van der Waals surface area contributed by atoms with Crippen LogP contribution in [0.1, 0.15) is 19.3 Å². The van der Waals surface area contributed by atoms with Crippen molar-refractivity contribution in [2.75, 3.05) is 13.7 Å². The summed E-state index contributed by atoms with van der Waals surface area (Å²) in [5.41, 5.74) is 1.01. The highest BCUT2D eigenvalue weighted by atomic mass is 32.1. The van der Waals surface area contributed by atoms with Gasteiger partial charge >= 0.3 is 0 Å². The van der Waals surface area contributed by atoms with E-state index in [1.54, 1.807) is 11.7 Å². The first kappa shape index (κ1) is 13.5. The highest BCUT2D eigenvalue weighted by Crippen LogP contribution is 2.50. The molecule has 1 N–H and O–H groups in total. The topological polar surface area (TPSA) is 47.0 Å². The van der Waals surface area contributed by atoms with Crippen molar-refractivity contribution in [1.82, 2.24) is 9.55 Å². The lowest BCUT2D eigenvalue weighted by atomic mass is 10.0. The van der Waals surface area contributed by atoms with Crippen LogP contribution in [-0.4, -0.2) is 23.3 Å². The molecule has 0 spiro atoms. The van der Waals surface area contributed by atoms with E-state index in [2.05, 4.69) is 4.98 Å². The summed E-state index contributed by atoms with van der Waals surface area (Å²) in [6.07, 6.45) is 3.27. The van der Waals surface area contributed by atoms with Crippen LogP contribution >= 0.6 is 12.2 Å². The molecule has 1 saturated carbocycles. The van der Waals surface area contributed by atoms with Gasteiger partial charge in [0.05, 0.1) is 10.9 Å². The summed E-state index contributed by atoms with van der Waals surface area (Å²) in [6.45, 7) is 1.42. The molecule has 4 nitrogen and oxygen atoms in total. The van der Waals surface area contributed by atoms with E-state index in [9.17, 15) is 4.79 Å². The van der Waals surface area contributed by atoms with Gasteiger partial charge in [-0.15, -0.1) is 0 Å². The summed E-state index contributed by atoms with van der Waals surface area (Å²) in [5.74, 6) is 0. The van der Waals surface area contributed by atoms with Crippen LogP contribution in [0.4, 0.5) is 0 Å². The number of ether oxygens (including phenoxy) is 1. The quantitative estimate of drug-likeness (QED) is 0.861. The fourth-order valence-corrected chi connectivity index (χ4v) is 2.92. The lowest BCUT2D eigenvalue weighted by Gasteiger charge is -2.16. The number of aromatic amines is 1. The number of hydrogen-bond acceptors (Lipinski definition) is 3. The second-order valence-corrected chi connectivity index (χ2v) is 6.00. The maximum atomic E-state index is 12.6. The van der Waals surface area contributed by atoms with Crippen molar-refractivity contribution in [1.29, 1.82) is 0 Å². The average molecular weight is 290 g/mol. The predicted octanol–water partition coefficient (Wildman–Crippen LogP) is 2.88. The minimum Gasteiger partial charge on any atom is -0.385 e. The smallest absolute Gasteiger partial charge is 0.262 e. The predicted molar refractivity (Wildman–Crippen MR) is 81.6 cm³/mol. The van der Waals surface area contributed by atoms with E-state index in [1.165, 1.54) is 0 Å². The van der Waals surface area contributed by atoms with E-state index in [4.69, 9.17) is 17.0 Å². The maximum Gasteiger partial charge on any atom is 0.262 e. The molecule has 0 unspecified atom stereocenters. The zero-order valence-electron chi connectivity index (χ0n) is 11.5. The molecule has 3 rings (SSSR count). The Labute approximate surface area is 122 Å². The van der Waals surface area contributed by atoms with Gasteiger partial charge in [-0.3, -0.25) is 9.36 Å². The number of benzene rings is 1. The van der Waals surface area contributed by atoms with Crippen molar-refractivity contribution in [2.45, 2.75) is 25.8 Å². The highest BCUT2D eigenvalue weighted by molar-refractivity contribution is 7.71. The second kappa shape index (κ2) is 5.14. The van der Waals surface area contributed by atoms with Gasteiger partial charge in [0.2, 0.25) is 0 Å². The van der Waals surface area contributed by atoms with E-state index in [0.717, 1.165) is 31.4 Å². The van der Waals surface area contributed by atoms with Gasteiger partial charge in [-0.1, -0.05) is 12.1 Å². The summed E-state index contributed by atoms with van der Waals surface area (Å²) in [5, 5.41) is 0.698. The van der Waals surface area contributed by atoms with Crippen molar-refractivity contribution < 1.29 is 4.74 Å². The van der Waals surface area contributed by atoms with Gasteiger partial charge in [-0.25, -0.2) is 0 Å². The van der Waals surface area contributed by atoms with Crippen molar-refractivity contribution in [3.63, 3.8) is 0 Å². The number of nitrogens with one attached hydrogen (secondary N) is 1. The van der Waals surface area contributed by atoms with Crippen LogP contribution in [0.25, 0.3) is 10.9 Å². The van der Waals surface area contributed by atoms with Gasteiger partial charge in [0, 0.05) is 20.3 Å². The number of methoxy groups -OCH3 is 1. The highest BCUT2D eigenvalue weighted by Gasteiger charge is 2.42. The zero-order chi connectivity index (χ0) is 14.2. The number of fused-ring (bicyclic) bond motifs is 1. The molecule has 0 atom stereocenters. The summed E-state index contributed by atoms with van der Waals surface area (Å²) in [6, 6.07) is 7.50. The molecule has 20 heavy (non-hydrogen) atoms. The van der Waals surface area contributed by atoms with Crippen LogP contribution in [-0.2, 0) is 11.3 Å². The minimum absolute atomic E-state index is 0.00745. The van der Waals surface area contributed by atoms with Crippen molar-refractivity contribution in [2.24, 2.45) is 5.41 Å². The first-order chi connectivity index (χ1) is 9.65. The molecule has 106 valence electrons. The number of para-hydroxylation sites is 1. The number of aromatic nitrogens is 2. The van der Waals surface area contributed by atoms with Gasteiger partial charge in [0.15, 0.2) is 4.77 Å². The largest absolute Gasteiger partial charge is 0.385 e. The molecule has 1 aliphatic rings. The average Bonchev–Trinajstić information content (AvgIpc) is 3.22. The molecule has 1 aliphatic carbocycles. The molecule has 0 saturated heterocycles. The fraction of sp³-hybridized carbons (Fsp3) is 0.467. The fourth-order valence-electron chi connectivity index (χ4n) is 2.66. The normalized spacial score (nSPS) is 16.4. The molecule has 2 aromatic rings. The molecule has 0 radical (unpaired) electrons. The molecule has 1 aromatic heterocycles. The third-order valence-electron chi connectivity index (χ3n) is 4.18. The Balaban J connectivity index is 2.00. The summed E-state index contributed by atoms with van der Waals surface area (Å²) in [4.78, 5) is 15.7. The molecule has 0 amide bonds. The first-order valence-corrected chi connectivity index (χ1v) is 7.27. The Bertz CT molecular complexity index is 743. The molecular formula is C15H18N2O2S. The van der Waals surface area contributed by atoms with Crippen molar-refractivity contribution in [3.05, 3.63) is 39.4 Å². The Morgan fingerprint density at radius 1 is 1.40 bits per heavy atom. The van der Waals surface area contributed by atoms with E-state index in [1.807, 2.05) is 24.3 Å². The Kier molecular flexibility index (Phi) is 3.48. The Morgan fingerprint density at radius 2 is 2.15 bits per heavy atom. The third kappa shape index (κ3) is 2.43. The molecule has 1 heterocycles. The maximum absolute atomic E-state index is 12.6. The standard InChI is InChI=1S/C15H18N2O2S/c1-19-9-8-15(6-7-15)10-17-13(18)11-4-2-3-5-12(11)16-14(17)20/h2-5H,6-10H2,1H3,(H,16,20). The first-order valence-electron chi connectivity index (χ1n) is 6.86. The molecule has 0 aliphatic heterocycles. The second-order valence-electron chi connectivity index (χ2n) is 5.61.